The third-order valence-electron chi connectivity index (χ3n) is 9.68. The number of amides is 1. The Hall–Kier alpha value is -4.50. The van der Waals surface area contributed by atoms with E-state index in [0.717, 1.165) is 25.2 Å². The summed E-state index contributed by atoms with van der Waals surface area (Å²) in [5.41, 5.74) is 0.451. The lowest BCUT2D eigenvalue weighted by atomic mass is 9.84. The molecule has 3 aromatic carbocycles. The molecule has 54 heavy (non-hydrogen) atoms. The lowest BCUT2D eigenvalue weighted by Gasteiger charge is -2.44. The van der Waals surface area contributed by atoms with Gasteiger partial charge in [0.25, 0.3) is 15.9 Å². The summed E-state index contributed by atoms with van der Waals surface area (Å²) in [6, 6.07) is 31.9. The third-order valence-corrected chi connectivity index (χ3v) is 15.9. The molecule has 7 rings (SSSR count). The van der Waals surface area contributed by atoms with E-state index in [1.165, 1.54) is 34.2 Å². The molecule has 3 aromatic heterocycles. The zero-order valence-electron chi connectivity index (χ0n) is 30.1. The van der Waals surface area contributed by atoms with Crippen LogP contribution in [0.1, 0.15) is 37.8 Å². The molecule has 2 unspecified atom stereocenters. The Balaban J connectivity index is 1.23. The number of halogens is 1. The second-order valence-corrected chi connectivity index (χ2v) is 20.4. The van der Waals surface area contributed by atoms with Gasteiger partial charge in [0, 0.05) is 59.9 Å². The molecular weight excluding hydrogens is 758 g/mol. The van der Waals surface area contributed by atoms with E-state index in [2.05, 4.69) is 55.0 Å². The molecule has 1 fully saturated rings. The highest BCUT2D eigenvalue weighted by Gasteiger charge is 2.42. The summed E-state index contributed by atoms with van der Waals surface area (Å²) in [6.07, 6.45) is 4.31. The van der Waals surface area contributed by atoms with E-state index in [1.54, 1.807) is 41.3 Å². The Kier molecular flexibility index (Phi) is 11.0. The van der Waals surface area contributed by atoms with Gasteiger partial charge in [0.2, 0.25) is 20.6 Å². The van der Waals surface area contributed by atoms with E-state index >= 15 is 0 Å². The number of fused-ring (bicyclic) bond motifs is 1. The number of carbonyl (C=O) groups excluding carboxylic acids is 1. The van der Waals surface area contributed by atoms with Crippen molar-refractivity contribution in [3.05, 3.63) is 138 Å². The topological polar surface area (TPSA) is 120 Å². The van der Waals surface area contributed by atoms with Crippen LogP contribution in [0.4, 0.5) is 0 Å². The maximum Gasteiger partial charge on any atom is 0.291 e. The SMILES string of the molecule is CC(C)(C)C(CC1CN(S(=O)(=O)c2cc3ccc(Cl)cc3s2)CCN1C(=O)c1ncc(-c2cccc[n+]2[O-])cn1)O[SiH](c1ccccc1)c1ccccc1. The zero-order chi connectivity index (χ0) is 38.0. The number of piperazine rings is 1. The van der Waals surface area contributed by atoms with Crippen molar-refractivity contribution in [3.63, 3.8) is 0 Å². The van der Waals surface area contributed by atoms with Gasteiger partial charge in [0.15, 0.2) is 6.20 Å². The summed E-state index contributed by atoms with van der Waals surface area (Å²) in [6.45, 7) is 6.60. The van der Waals surface area contributed by atoms with Crippen molar-refractivity contribution in [1.82, 2.24) is 19.2 Å². The Morgan fingerprint density at radius 1 is 0.963 bits per heavy atom. The van der Waals surface area contributed by atoms with Gasteiger partial charge in [-0.2, -0.15) is 9.04 Å². The van der Waals surface area contributed by atoms with Crippen molar-refractivity contribution in [2.24, 2.45) is 5.41 Å². The molecule has 0 saturated carbocycles. The number of benzene rings is 3. The van der Waals surface area contributed by atoms with E-state index in [4.69, 9.17) is 16.0 Å². The molecule has 0 aliphatic carbocycles. The van der Waals surface area contributed by atoms with E-state index in [1.807, 2.05) is 42.5 Å². The summed E-state index contributed by atoms with van der Waals surface area (Å²) >= 11 is 7.41. The van der Waals surface area contributed by atoms with Crippen LogP contribution in [0.5, 0.6) is 0 Å². The van der Waals surface area contributed by atoms with Crippen molar-refractivity contribution in [1.29, 1.82) is 0 Å². The minimum absolute atomic E-state index is 0.0381. The lowest BCUT2D eigenvalue weighted by molar-refractivity contribution is -0.593. The lowest BCUT2D eigenvalue weighted by Crippen LogP contribution is -2.59. The van der Waals surface area contributed by atoms with Gasteiger partial charge in [-0.1, -0.05) is 99.1 Å². The molecule has 6 aromatic rings. The quantitative estimate of drug-likeness (QED) is 0.102. The highest BCUT2D eigenvalue weighted by molar-refractivity contribution is 7.91. The first-order chi connectivity index (χ1) is 25.9. The number of aromatic nitrogens is 3. The predicted octanol–water partition coefficient (Wildman–Crippen LogP) is 5.52. The summed E-state index contributed by atoms with van der Waals surface area (Å²) in [5, 5.41) is 15.9. The first kappa shape index (κ1) is 37.8. The van der Waals surface area contributed by atoms with Crippen LogP contribution in [0.25, 0.3) is 21.3 Å². The predicted molar refractivity (Wildman–Crippen MR) is 215 cm³/mol. The van der Waals surface area contributed by atoms with Gasteiger partial charge in [-0.3, -0.25) is 4.79 Å². The van der Waals surface area contributed by atoms with Crippen molar-refractivity contribution in [3.8, 4) is 11.3 Å². The second kappa shape index (κ2) is 15.7. The molecule has 0 N–H and O–H groups in total. The summed E-state index contributed by atoms with van der Waals surface area (Å²) in [4.78, 5) is 24.8. The van der Waals surface area contributed by atoms with E-state index < -0.39 is 31.0 Å². The van der Waals surface area contributed by atoms with Crippen molar-refractivity contribution in [2.75, 3.05) is 19.6 Å². The minimum Gasteiger partial charge on any atom is -0.618 e. The molecule has 10 nitrogen and oxygen atoms in total. The first-order valence-corrected chi connectivity index (χ1v) is 21.9. The van der Waals surface area contributed by atoms with Crippen LogP contribution in [0.2, 0.25) is 5.02 Å². The molecule has 2 atom stereocenters. The number of thiophene rings is 1. The summed E-state index contributed by atoms with van der Waals surface area (Å²) in [7, 11) is -6.17. The molecule has 4 heterocycles. The van der Waals surface area contributed by atoms with Crippen LogP contribution in [0.3, 0.4) is 0 Å². The monoisotopic (exact) mass is 797 g/mol. The fourth-order valence-electron chi connectivity index (χ4n) is 6.73. The summed E-state index contributed by atoms with van der Waals surface area (Å²) in [5.74, 6) is -0.459. The van der Waals surface area contributed by atoms with Gasteiger partial charge in [-0.25, -0.2) is 18.4 Å². The third kappa shape index (κ3) is 8.11. The Bertz CT molecular complexity index is 2320. The highest BCUT2D eigenvalue weighted by atomic mass is 35.5. The molecule has 0 bridgehead atoms. The number of nitrogens with zero attached hydrogens (tertiary/aromatic N) is 5. The molecule has 1 amide bonds. The van der Waals surface area contributed by atoms with Crippen LogP contribution >= 0.6 is 22.9 Å². The van der Waals surface area contributed by atoms with Gasteiger partial charge in [-0.05, 0) is 51.9 Å². The zero-order valence-corrected chi connectivity index (χ0v) is 33.6. The smallest absolute Gasteiger partial charge is 0.291 e. The van der Waals surface area contributed by atoms with Crippen LogP contribution in [-0.4, -0.2) is 74.3 Å². The molecule has 14 heteroatoms. The van der Waals surface area contributed by atoms with Crippen LogP contribution in [0, 0.1) is 10.6 Å². The van der Waals surface area contributed by atoms with E-state index in [9.17, 15) is 18.4 Å². The number of rotatable bonds is 10. The molecule has 0 radical (unpaired) electrons. The molecule has 278 valence electrons. The molecule has 1 saturated heterocycles. The molecular formula is C40H40ClN5O5S2Si. The molecule has 1 aliphatic rings. The first-order valence-electron chi connectivity index (χ1n) is 17.6. The minimum atomic E-state index is -3.93. The number of carbonyl (C=O) groups is 1. The fourth-order valence-corrected chi connectivity index (χ4v) is 12.7. The van der Waals surface area contributed by atoms with E-state index in [0.29, 0.717) is 22.7 Å². The van der Waals surface area contributed by atoms with Crippen LogP contribution in [-0.2, 0) is 14.4 Å². The molecule has 0 spiro atoms. The summed E-state index contributed by atoms with van der Waals surface area (Å²) < 4.78 is 39.0. The number of pyridine rings is 1. The van der Waals surface area contributed by atoms with Crippen LogP contribution < -0.4 is 15.1 Å². The van der Waals surface area contributed by atoms with E-state index in [-0.39, 0.29) is 41.2 Å². The van der Waals surface area contributed by atoms with Crippen molar-refractivity contribution in [2.45, 2.75) is 43.5 Å². The van der Waals surface area contributed by atoms with Gasteiger partial charge in [-0.15, -0.1) is 11.3 Å². The van der Waals surface area contributed by atoms with Gasteiger partial charge >= 0.3 is 0 Å². The highest BCUT2D eigenvalue weighted by Crippen LogP contribution is 2.35. The molecule has 1 aliphatic heterocycles. The van der Waals surface area contributed by atoms with Crippen LogP contribution in [0.15, 0.2) is 126 Å². The Labute approximate surface area is 326 Å². The fraction of sp³-hybridized carbons (Fsp3) is 0.250. The Morgan fingerprint density at radius 2 is 1.61 bits per heavy atom. The normalized spacial score (nSPS) is 16.2. The Morgan fingerprint density at radius 3 is 2.24 bits per heavy atom. The number of hydrogen-bond acceptors (Lipinski definition) is 8. The largest absolute Gasteiger partial charge is 0.618 e. The standard InChI is InChI=1S/C40H40ClN5O5S2Si/c1-40(2,3)36(51-54(32-12-6-4-7-13-32)33-14-8-5-9-15-33)24-31-27-44(53(49,50)37-22-28-17-18-30(41)23-35(28)52-37)20-21-45(31)39(47)38-42-25-29(26-43-38)34-16-10-11-19-46(34)48/h4-19,22-23,25-26,31,36,54H,20-21,24,27H2,1-3H3. The second-order valence-electron chi connectivity index (χ2n) is 14.4. The number of sulfonamides is 1. The average Bonchev–Trinajstić information content (AvgIpc) is 3.61. The maximum absolute atomic E-state index is 14.3. The number of hydrogen-bond donors (Lipinski definition) is 0. The van der Waals surface area contributed by atoms with Gasteiger partial charge in [0.05, 0.1) is 11.7 Å². The maximum atomic E-state index is 14.3. The van der Waals surface area contributed by atoms with Crippen molar-refractivity contribution < 1.29 is 22.4 Å². The van der Waals surface area contributed by atoms with Gasteiger partial charge in [0.1, 0.15) is 4.21 Å². The van der Waals surface area contributed by atoms with Crippen molar-refractivity contribution >= 4 is 68.4 Å². The average molecular weight is 798 g/mol. The van der Waals surface area contributed by atoms with Gasteiger partial charge < -0.3 is 14.5 Å².